The average Bonchev–Trinajstić information content (AvgIpc) is 2.49. The fraction of sp³-hybridized carbons (Fsp3) is 0.235. The predicted molar refractivity (Wildman–Crippen MR) is 87.9 cm³/mol. The van der Waals surface area contributed by atoms with E-state index in [9.17, 15) is 4.79 Å². The van der Waals surface area contributed by atoms with E-state index < -0.39 is 6.10 Å². The van der Waals surface area contributed by atoms with Crippen LogP contribution >= 0.6 is 11.6 Å². The largest absolute Gasteiger partial charge is 0.495 e. The molecule has 0 aromatic heterocycles. The Morgan fingerprint density at radius 1 is 1.18 bits per heavy atom. The summed E-state index contributed by atoms with van der Waals surface area (Å²) in [5, 5.41) is 3.44. The summed E-state index contributed by atoms with van der Waals surface area (Å²) in [4.78, 5) is 12.2. The lowest BCUT2D eigenvalue weighted by atomic mass is 10.2. The molecule has 0 fully saturated rings. The number of hydrogen-bond acceptors (Lipinski definition) is 3. The van der Waals surface area contributed by atoms with Gasteiger partial charge in [-0.3, -0.25) is 4.79 Å². The van der Waals surface area contributed by atoms with Crippen molar-refractivity contribution in [3.05, 3.63) is 53.1 Å². The first kappa shape index (κ1) is 16.2. The second-order valence-electron chi connectivity index (χ2n) is 4.91. The van der Waals surface area contributed by atoms with E-state index in [1.165, 1.54) is 0 Å². The molecule has 5 heteroatoms. The van der Waals surface area contributed by atoms with Crippen LogP contribution in [0.25, 0.3) is 0 Å². The summed E-state index contributed by atoms with van der Waals surface area (Å²) < 4.78 is 10.8. The molecule has 0 bridgehead atoms. The zero-order chi connectivity index (χ0) is 16.1. The lowest BCUT2D eigenvalue weighted by molar-refractivity contribution is -0.122. The number of anilines is 1. The molecule has 4 nitrogen and oxygen atoms in total. The minimum atomic E-state index is -0.647. The van der Waals surface area contributed by atoms with Gasteiger partial charge in [-0.1, -0.05) is 17.7 Å². The van der Waals surface area contributed by atoms with E-state index in [4.69, 9.17) is 21.1 Å². The molecule has 1 atom stereocenters. The van der Waals surface area contributed by atoms with E-state index in [0.717, 1.165) is 5.56 Å². The Morgan fingerprint density at radius 2 is 1.86 bits per heavy atom. The number of hydrogen-bond donors (Lipinski definition) is 1. The molecule has 1 N–H and O–H groups in total. The lowest BCUT2D eigenvalue weighted by Gasteiger charge is -2.16. The smallest absolute Gasteiger partial charge is 0.265 e. The highest BCUT2D eigenvalue weighted by Gasteiger charge is 2.16. The van der Waals surface area contributed by atoms with Crippen LogP contribution in [0.2, 0.25) is 5.02 Å². The van der Waals surface area contributed by atoms with Gasteiger partial charge >= 0.3 is 0 Å². The summed E-state index contributed by atoms with van der Waals surface area (Å²) in [6.45, 7) is 3.63. The molecule has 0 aliphatic heterocycles. The summed E-state index contributed by atoms with van der Waals surface area (Å²) in [7, 11) is 1.56. The quantitative estimate of drug-likeness (QED) is 0.904. The first-order chi connectivity index (χ1) is 10.5. The summed E-state index contributed by atoms with van der Waals surface area (Å²) >= 11 is 5.82. The number of rotatable bonds is 5. The van der Waals surface area contributed by atoms with E-state index in [0.29, 0.717) is 22.2 Å². The van der Waals surface area contributed by atoms with Gasteiger partial charge in [0.25, 0.3) is 5.91 Å². The van der Waals surface area contributed by atoms with Crippen LogP contribution in [-0.2, 0) is 4.79 Å². The van der Waals surface area contributed by atoms with Crippen LogP contribution in [0.5, 0.6) is 11.5 Å². The van der Waals surface area contributed by atoms with Crippen LogP contribution in [0.15, 0.2) is 42.5 Å². The molecular weight excluding hydrogens is 302 g/mol. The van der Waals surface area contributed by atoms with Crippen LogP contribution < -0.4 is 14.8 Å². The molecule has 0 spiro atoms. The Hall–Kier alpha value is -2.20. The number of amides is 1. The maximum Gasteiger partial charge on any atom is 0.265 e. The Bertz CT molecular complexity index is 655. The van der Waals surface area contributed by atoms with E-state index in [1.807, 2.05) is 25.1 Å². The Morgan fingerprint density at radius 3 is 2.50 bits per heavy atom. The van der Waals surface area contributed by atoms with Crippen molar-refractivity contribution >= 4 is 23.2 Å². The minimum absolute atomic E-state index is 0.251. The summed E-state index contributed by atoms with van der Waals surface area (Å²) in [5.74, 6) is 0.944. The third kappa shape index (κ3) is 4.15. The van der Waals surface area contributed by atoms with E-state index in [-0.39, 0.29) is 5.91 Å². The van der Waals surface area contributed by atoms with Gasteiger partial charge in [-0.15, -0.1) is 0 Å². The van der Waals surface area contributed by atoms with Crippen LogP contribution in [0, 0.1) is 6.92 Å². The van der Waals surface area contributed by atoms with Crippen molar-refractivity contribution in [2.75, 3.05) is 12.4 Å². The van der Waals surface area contributed by atoms with Gasteiger partial charge in [0.2, 0.25) is 0 Å². The first-order valence-electron chi connectivity index (χ1n) is 6.87. The van der Waals surface area contributed by atoms with E-state index >= 15 is 0 Å². The standard InChI is InChI=1S/C17H18ClNO3/c1-11-4-9-16(21-3)15(10-11)19-17(20)12(2)22-14-7-5-13(18)6-8-14/h4-10,12H,1-3H3,(H,19,20). The summed E-state index contributed by atoms with van der Waals surface area (Å²) in [5.41, 5.74) is 1.65. The zero-order valence-electron chi connectivity index (χ0n) is 12.7. The molecule has 0 saturated heterocycles. The van der Waals surface area contributed by atoms with Gasteiger partial charge in [0, 0.05) is 5.02 Å². The molecule has 1 unspecified atom stereocenters. The van der Waals surface area contributed by atoms with Crippen LogP contribution in [0.4, 0.5) is 5.69 Å². The number of carbonyl (C=O) groups excluding carboxylic acids is 1. The number of ether oxygens (including phenoxy) is 2. The molecule has 2 rings (SSSR count). The molecule has 22 heavy (non-hydrogen) atoms. The van der Waals surface area contributed by atoms with Gasteiger partial charge < -0.3 is 14.8 Å². The van der Waals surface area contributed by atoms with Gasteiger partial charge in [-0.25, -0.2) is 0 Å². The molecule has 116 valence electrons. The number of aryl methyl sites for hydroxylation is 1. The first-order valence-corrected chi connectivity index (χ1v) is 7.25. The van der Waals surface area contributed by atoms with Crippen molar-refractivity contribution in [2.24, 2.45) is 0 Å². The Kier molecular flexibility index (Phi) is 5.28. The monoisotopic (exact) mass is 319 g/mol. The van der Waals surface area contributed by atoms with E-state index in [1.54, 1.807) is 38.3 Å². The molecule has 0 saturated carbocycles. The highest BCUT2D eigenvalue weighted by Crippen LogP contribution is 2.25. The number of halogens is 1. The number of nitrogens with one attached hydrogen (secondary N) is 1. The zero-order valence-corrected chi connectivity index (χ0v) is 13.5. The SMILES string of the molecule is COc1ccc(C)cc1NC(=O)C(C)Oc1ccc(Cl)cc1. The normalized spacial score (nSPS) is 11.6. The Labute approximate surface area is 135 Å². The molecule has 0 aliphatic rings. The van der Waals surface area contributed by atoms with Crippen LogP contribution in [0.1, 0.15) is 12.5 Å². The number of carbonyl (C=O) groups is 1. The lowest BCUT2D eigenvalue weighted by Crippen LogP contribution is -2.30. The molecule has 2 aromatic carbocycles. The second kappa shape index (κ2) is 7.18. The highest BCUT2D eigenvalue weighted by atomic mass is 35.5. The number of benzene rings is 2. The third-order valence-corrected chi connectivity index (χ3v) is 3.36. The van der Waals surface area contributed by atoms with Crippen molar-refractivity contribution in [1.82, 2.24) is 0 Å². The molecule has 2 aromatic rings. The maximum absolute atomic E-state index is 12.2. The van der Waals surface area contributed by atoms with Gasteiger partial charge in [0.15, 0.2) is 6.10 Å². The summed E-state index contributed by atoms with van der Waals surface area (Å²) in [6, 6.07) is 12.5. The topological polar surface area (TPSA) is 47.6 Å². The average molecular weight is 320 g/mol. The maximum atomic E-state index is 12.2. The molecule has 1 amide bonds. The molecular formula is C17H18ClNO3. The fourth-order valence-electron chi connectivity index (χ4n) is 1.92. The van der Waals surface area contributed by atoms with Crippen molar-refractivity contribution in [3.63, 3.8) is 0 Å². The van der Waals surface area contributed by atoms with Crippen LogP contribution in [-0.4, -0.2) is 19.1 Å². The van der Waals surface area contributed by atoms with Crippen molar-refractivity contribution < 1.29 is 14.3 Å². The third-order valence-electron chi connectivity index (χ3n) is 3.11. The van der Waals surface area contributed by atoms with Gasteiger partial charge in [-0.05, 0) is 55.8 Å². The van der Waals surface area contributed by atoms with Crippen molar-refractivity contribution in [3.8, 4) is 11.5 Å². The molecule has 0 heterocycles. The van der Waals surface area contributed by atoms with Gasteiger partial charge in [0.1, 0.15) is 11.5 Å². The van der Waals surface area contributed by atoms with Gasteiger partial charge in [0.05, 0.1) is 12.8 Å². The highest BCUT2D eigenvalue weighted by molar-refractivity contribution is 6.30. The molecule has 0 aliphatic carbocycles. The summed E-state index contributed by atoms with van der Waals surface area (Å²) in [6.07, 6.45) is -0.647. The number of methoxy groups -OCH3 is 1. The predicted octanol–water partition coefficient (Wildman–Crippen LogP) is 4.06. The fourth-order valence-corrected chi connectivity index (χ4v) is 2.05. The molecule has 0 radical (unpaired) electrons. The second-order valence-corrected chi connectivity index (χ2v) is 5.34. The minimum Gasteiger partial charge on any atom is -0.495 e. The van der Waals surface area contributed by atoms with E-state index in [2.05, 4.69) is 5.32 Å². The van der Waals surface area contributed by atoms with Crippen molar-refractivity contribution in [1.29, 1.82) is 0 Å². The van der Waals surface area contributed by atoms with Crippen molar-refractivity contribution in [2.45, 2.75) is 20.0 Å². The van der Waals surface area contributed by atoms with Crippen LogP contribution in [0.3, 0.4) is 0 Å². The van der Waals surface area contributed by atoms with Gasteiger partial charge in [-0.2, -0.15) is 0 Å². The Balaban J connectivity index is 2.05.